The Morgan fingerprint density at radius 3 is 1.15 bits per heavy atom. The van der Waals surface area contributed by atoms with Gasteiger partial charge in [-0.15, -0.1) is 0 Å². The van der Waals surface area contributed by atoms with Crippen molar-refractivity contribution in [2.45, 2.75) is 12.3 Å². The summed E-state index contributed by atoms with van der Waals surface area (Å²) in [6.07, 6.45) is -0.957. The Hall–Kier alpha value is -4.81. The van der Waals surface area contributed by atoms with Gasteiger partial charge in [0.15, 0.2) is 11.7 Å². The predicted octanol–water partition coefficient (Wildman–Crippen LogP) is 6.08. The fraction of sp³-hybridized carbons (Fsp3) is 0.0625. The number of nitrogens with zero attached hydrogens (tertiary/aromatic N) is 8. The first-order chi connectivity index (χ1) is 19.8. The Morgan fingerprint density at radius 1 is 0.390 bits per heavy atom. The number of hydrogen-bond acceptors (Lipinski definition) is 6. The van der Waals surface area contributed by atoms with Crippen LogP contribution in [0, 0.1) is 0 Å². The predicted molar refractivity (Wildman–Crippen MR) is 157 cm³/mol. The van der Waals surface area contributed by atoms with E-state index in [1.165, 1.54) is 0 Å². The maximum atomic E-state index is 5.04. The molecular formula is C32H18N8Pt. The van der Waals surface area contributed by atoms with Crippen LogP contribution in [0.25, 0.3) is 10.6 Å². The van der Waals surface area contributed by atoms with Crippen LogP contribution in [0.2, 0.25) is 0 Å². The summed E-state index contributed by atoms with van der Waals surface area (Å²) < 4.78 is 0. The van der Waals surface area contributed by atoms with Gasteiger partial charge in [0.2, 0.25) is 0 Å². The molecule has 5 aliphatic rings. The Labute approximate surface area is 249 Å². The number of aliphatic imine (C=N–C) groups is 6. The number of benzene rings is 4. The summed E-state index contributed by atoms with van der Waals surface area (Å²) in [6, 6.07) is 32.2. The van der Waals surface area contributed by atoms with E-state index >= 15 is 0 Å². The van der Waals surface area contributed by atoms with Gasteiger partial charge in [-0.05, 0) is 22.3 Å². The molecule has 4 aromatic carbocycles. The quantitative estimate of drug-likeness (QED) is 0.212. The monoisotopic (exact) mass is 709 g/mol. The third-order valence-corrected chi connectivity index (χ3v) is 7.60. The topological polar surface area (TPSA) is 102 Å². The molecule has 9 heteroatoms. The summed E-state index contributed by atoms with van der Waals surface area (Å²) in [4.78, 5) is 29.8. The van der Waals surface area contributed by atoms with Crippen LogP contribution in [-0.4, -0.2) is 35.0 Å². The summed E-state index contributed by atoms with van der Waals surface area (Å²) in [7, 11) is 0. The molecule has 9 rings (SSSR count). The Morgan fingerprint density at radius 2 is 0.732 bits per heavy atom. The van der Waals surface area contributed by atoms with Crippen molar-refractivity contribution in [3.8, 4) is 0 Å². The number of fused-ring (bicyclic) bond motifs is 18. The first kappa shape index (κ1) is 24.0. The summed E-state index contributed by atoms with van der Waals surface area (Å²) in [5, 5.41) is 9.92. The fourth-order valence-electron chi connectivity index (χ4n) is 5.72. The summed E-state index contributed by atoms with van der Waals surface area (Å²) >= 11 is 0. The van der Waals surface area contributed by atoms with E-state index in [1.807, 2.05) is 97.1 Å². The van der Waals surface area contributed by atoms with Crippen molar-refractivity contribution in [1.82, 2.24) is 0 Å². The van der Waals surface area contributed by atoms with Crippen molar-refractivity contribution >= 4 is 35.0 Å². The van der Waals surface area contributed by atoms with E-state index in [9.17, 15) is 0 Å². The molecule has 8 bridgehead atoms. The number of amidine groups is 6. The van der Waals surface area contributed by atoms with Gasteiger partial charge in [-0.1, -0.05) is 109 Å². The van der Waals surface area contributed by atoms with Gasteiger partial charge in [-0.3, -0.25) is 9.98 Å². The van der Waals surface area contributed by atoms with Gasteiger partial charge in [-0.25, -0.2) is 9.98 Å². The molecule has 0 aromatic heterocycles. The van der Waals surface area contributed by atoms with E-state index in [4.69, 9.17) is 40.6 Å². The van der Waals surface area contributed by atoms with Gasteiger partial charge in [0.05, 0.1) is 24.0 Å². The van der Waals surface area contributed by atoms with Crippen LogP contribution >= 0.6 is 0 Å². The van der Waals surface area contributed by atoms with Crippen LogP contribution in [0.15, 0.2) is 127 Å². The zero-order valence-corrected chi connectivity index (χ0v) is 23.6. The molecular weight excluding hydrogens is 691 g/mol. The summed E-state index contributed by atoms with van der Waals surface area (Å²) in [5.41, 5.74) is 7.51. The van der Waals surface area contributed by atoms with Crippen molar-refractivity contribution in [1.29, 1.82) is 0 Å². The average molecular weight is 710 g/mol. The molecule has 0 saturated heterocycles. The van der Waals surface area contributed by atoms with E-state index in [1.54, 1.807) is 0 Å². The Balaban J connectivity index is 0.00000256. The second kappa shape index (κ2) is 9.11. The molecule has 2 unspecified atom stereocenters. The first-order valence-corrected chi connectivity index (χ1v) is 13.1. The SMILES string of the molecule is [Pt+2].c1ccc2c(c1)C1=N/C2=N\C2[N-]C(=NC3=N/C(=N\C4[N-]C(=N1)c1ccccc14)c1ccccc13)c1ccccc12. The molecule has 4 aromatic rings. The van der Waals surface area contributed by atoms with E-state index in [2.05, 4.69) is 0 Å². The van der Waals surface area contributed by atoms with Crippen LogP contribution in [0.5, 0.6) is 0 Å². The first-order valence-electron chi connectivity index (χ1n) is 13.1. The van der Waals surface area contributed by atoms with E-state index < -0.39 is 12.3 Å². The van der Waals surface area contributed by atoms with E-state index in [0.29, 0.717) is 35.0 Å². The fourth-order valence-corrected chi connectivity index (χ4v) is 5.72. The van der Waals surface area contributed by atoms with Gasteiger partial charge in [0.1, 0.15) is 0 Å². The number of rotatable bonds is 0. The standard InChI is InChI=1S/C32H18N8.Pt/c1-2-10-18-17(9-1)25-33-26(18)38-28-21-13-5-6-14-22(21)30(35-28)40-32-24-16-8-7-15-23(24)31(36-32)39-29-20-12-4-3-11-19(20)27(34-29)37-25;/h1-16,25,32H;/q-2;+2. The molecule has 0 fully saturated rings. The van der Waals surface area contributed by atoms with Crippen LogP contribution in [0.1, 0.15) is 56.8 Å². The van der Waals surface area contributed by atoms with Gasteiger partial charge in [0.25, 0.3) is 0 Å². The summed E-state index contributed by atoms with van der Waals surface area (Å²) in [5.74, 6) is 3.54. The van der Waals surface area contributed by atoms with Gasteiger partial charge in [-0.2, -0.15) is 0 Å². The van der Waals surface area contributed by atoms with Crippen LogP contribution in [-0.2, 0) is 21.1 Å². The molecule has 8 nitrogen and oxygen atoms in total. The smallest absolute Gasteiger partial charge is 0.438 e. The third-order valence-electron chi connectivity index (χ3n) is 7.60. The maximum Gasteiger partial charge on any atom is 2.00 e. The molecule has 0 amide bonds. The second-order valence-corrected chi connectivity index (χ2v) is 9.92. The Bertz CT molecular complexity index is 1840. The minimum Gasteiger partial charge on any atom is -0.438 e. The zero-order valence-electron chi connectivity index (χ0n) is 21.3. The molecule has 41 heavy (non-hydrogen) atoms. The molecule has 0 spiro atoms. The van der Waals surface area contributed by atoms with Crippen molar-refractivity contribution in [2.24, 2.45) is 30.0 Å². The van der Waals surface area contributed by atoms with Crippen molar-refractivity contribution in [3.63, 3.8) is 0 Å². The average Bonchev–Trinajstić information content (AvgIpc) is 3.73. The van der Waals surface area contributed by atoms with Crippen LogP contribution in [0.3, 0.4) is 0 Å². The normalized spacial score (nSPS) is 22.8. The molecule has 5 heterocycles. The second-order valence-electron chi connectivity index (χ2n) is 9.92. The van der Waals surface area contributed by atoms with Crippen molar-refractivity contribution < 1.29 is 21.1 Å². The van der Waals surface area contributed by atoms with Gasteiger partial charge >= 0.3 is 21.1 Å². The molecule has 0 saturated carbocycles. The molecule has 5 aliphatic heterocycles. The largest absolute Gasteiger partial charge is 2.00 e. The van der Waals surface area contributed by atoms with E-state index in [-0.39, 0.29) is 21.1 Å². The van der Waals surface area contributed by atoms with E-state index in [0.717, 1.165) is 44.5 Å². The zero-order chi connectivity index (χ0) is 26.2. The van der Waals surface area contributed by atoms with Crippen molar-refractivity contribution in [3.05, 3.63) is 152 Å². The third kappa shape index (κ3) is 3.64. The molecule has 0 aliphatic carbocycles. The van der Waals surface area contributed by atoms with Crippen molar-refractivity contribution in [2.75, 3.05) is 0 Å². The van der Waals surface area contributed by atoms with Crippen LogP contribution < -0.4 is 0 Å². The minimum absolute atomic E-state index is 0. The molecule has 0 N–H and O–H groups in total. The Kier molecular flexibility index (Phi) is 5.34. The molecule has 196 valence electrons. The van der Waals surface area contributed by atoms with Gasteiger partial charge < -0.3 is 20.6 Å². The molecule has 2 atom stereocenters. The number of hydrogen-bond donors (Lipinski definition) is 0. The molecule has 0 radical (unpaired) electrons. The summed E-state index contributed by atoms with van der Waals surface area (Å²) in [6.45, 7) is 0. The maximum absolute atomic E-state index is 5.04. The van der Waals surface area contributed by atoms with Crippen LogP contribution in [0.4, 0.5) is 0 Å². The van der Waals surface area contributed by atoms with Gasteiger partial charge in [0, 0.05) is 22.3 Å². The minimum atomic E-state index is -0.478.